The quantitative estimate of drug-likeness (QED) is 0.572. The fourth-order valence-electron chi connectivity index (χ4n) is 8.57. The maximum absolute atomic E-state index is 12.1. The summed E-state index contributed by atoms with van der Waals surface area (Å²) >= 11 is 0. The Bertz CT molecular complexity index is 756. The fraction of sp³-hybridized carbons (Fsp3) is 0.852. The molecule has 4 heteroatoms. The molecule has 4 aliphatic rings. The first kappa shape index (κ1) is 23.0. The normalized spacial score (nSPS) is 44.0. The van der Waals surface area contributed by atoms with Crippen molar-refractivity contribution in [2.24, 2.45) is 46.3 Å². The molecule has 4 rings (SSSR count). The van der Waals surface area contributed by atoms with E-state index in [4.69, 9.17) is 5.11 Å². The van der Waals surface area contributed by atoms with Crippen molar-refractivity contribution in [2.75, 3.05) is 0 Å². The molecule has 0 aliphatic heterocycles. The van der Waals surface area contributed by atoms with Crippen molar-refractivity contribution in [3.8, 4) is 0 Å². The predicted octanol–water partition coefficient (Wildman–Crippen LogP) is 5.63. The number of carbonyl (C=O) groups excluding carboxylic acids is 1. The molecule has 2 N–H and O–H groups in total. The van der Waals surface area contributed by atoms with Crippen LogP contribution in [0.4, 0.5) is 0 Å². The van der Waals surface area contributed by atoms with Crippen LogP contribution in [0.1, 0.15) is 91.9 Å². The number of carboxylic acids is 1. The number of ketones is 1. The molecular weight excluding hydrogens is 388 g/mol. The number of carbonyl (C=O) groups is 2. The van der Waals surface area contributed by atoms with Crippen LogP contribution in [0.2, 0.25) is 0 Å². The van der Waals surface area contributed by atoms with Gasteiger partial charge in [0, 0.05) is 6.42 Å². The number of aliphatic carboxylic acids is 1. The molecule has 0 aromatic carbocycles. The van der Waals surface area contributed by atoms with E-state index in [-0.39, 0.29) is 28.6 Å². The summed E-state index contributed by atoms with van der Waals surface area (Å²) in [4.78, 5) is 23.2. The van der Waals surface area contributed by atoms with E-state index in [0.717, 1.165) is 32.1 Å². The highest BCUT2D eigenvalue weighted by atomic mass is 16.4. The van der Waals surface area contributed by atoms with E-state index in [1.54, 1.807) is 0 Å². The Morgan fingerprint density at radius 3 is 2.58 bits per heavy atom. The second kappa shape index (κ2) is 8.32. The average Bonchev–Trinajstić information content (AvgIpc) is 3.06. The first-order valence-electron chi connectivity index (χ1n) is 12.7. The van der Waals surface area contributed by atoms with Gasteiger partial charge in [-0.1, -0.05) is 46.1 Å². The van der Waals surface area contributed by atoms with E-state index in [2.05, 4.69) is 20.8 Å². The molecule has 0 bridgehead atoms. The van der Waals surface area contributed by atoms with Crippen molar-refractivity contribution in [3.63, 3.8) is 0 Å². The highest BCUT2D eigenvalue weighted by Gasteiger charge is 2.61. The summed E-state index contributed by atoms with van der Waals surface area (Å²) in [6.07, 6.45) is 11.6. The number of carboxylic acid groups (broad SMARTS) is 1. The third kappa shape index (κ3) is 3.81. The van der Waals surface area contributed by atoms with Crippen LogP contribution in [-0.4, -0.2) is 28.1 Å². The van der Waals surface area contributed by atoms with Crippen LogP contribution in [-0.2, 0) is 9.59 Å². The van der Waals surface area contributed by atoms with Crippen molar-refractivity contribution < 1.29 is 19.8 Å². The summed E-state index contributed by atoms with van der Waals surface area (Å²) in [6, 6.07) is 0. The number of hydrogen-bond donors (Lipinski definition) is 2. The third-order valence-electron chi connectivity index (χ3n) is 10.5. The summed E-state index contributed by atoms with van der Waals surface area (Å²) in [5.74, 6) is 2.01. The van der Waals surface area contributed by atoms with Gasteiger partial charge in [-0.3, -0.25) is 9.59 Å². The molecule has 4 aliphatic carbocycles. The minimum Gasteiger partial charge on any atom is -0.481 e. The number of rotatable bonds is 6. The monoisotopic (exact) mass is 430 g/mol. The highest BCUT2D eigenvalue weighted by Crippen LogP contribution is 2.67. The van der Waals surface area contributed by atoms with Gasteiger partial charge in [0.15, 0.2) is 5.78 Å². The second-order valence-electron chi connectivity index (χ2n) is 12.0. The summed E-state index contributed by atoms with van der Waals surface area (Å²) in [7, 11) is 0. The van der Waals surface area contributed by atoms with E-state index in [0.29, 0.717) is 42.4 Å². The molecule has 5 unspecified atom stereocenters. The maximum atomic E-state index is 12.1. The molecule has 0 saturated heterocycles. The van der Waals surface area contributed by atoms with Gasteiger partial charge in [-0.05, 0) is 91.4 Å². The van der Waals surface area contributed by atoms with Gasteiger partial charge < -0.3 is 10.2 Å². The molecule has 0 aromatic heterocycles. The van der Waals surface area contributed by atoms with Crippen LogP contribution in [0.25, 0.3) is 0 Å². The van der Waals surface area contributed by atoms with Gasteiger partial charge >= 0.3 is 5.97 Å². The molecular formula is C27H42O4. The first-order valence-corrected chi connectivity index (χ1v) is 12.7. The number of hydrogen-bond acceptors (Lipinski definition) is 3. The van der Waals surface area contributed by atoms with E-state index >= 15 is 0 Å². The first-order chi connectivity index (χ1) is 14.6. The van der Waals surface area contributed by atoms with Crippen LogP contribution in [0, 0.1) is 46.3 Å². The number of aliphatic hydroxyl groups is 1. The zero-order valence-corrected chi connectivity index (χ0v) is 19.9. The Morgan fingerprint density at radius 2 is 1.87 bits per heavy atom. The molecule has 0 aromatic rings. The Labute approximate surface area is 187 Å². The average molecular weight is 431 g/mol. The second-order valence-corrected chi connectivity index (χ2v) is 12.0. The maximum Gasteiger partial charge on any atom is 0.306 e. The standard InChI is InChI=1S/C27H42O4/c1-16(6-5-7-17(2)25(30)31)20-8-9-21-24-22(11-13-27(20,21)4)26(3)12-10-19(28)14-18(26)15-23(24)29/h14,16-17,20-24,29H,5-13,15H2,1-4H3,(H,30,31)/t16-,17?,20-,21?,22?,23?,24?,26+,27-/m1/s1. The van der Waals surface area contributed by atoms with Crippen LogP contribution in [0.3, 0.4) is 0 Å². The van der Waals surface area contributed by atoms with Gasteiger partial charge in [0.25, 0.3) is 0 Å². The molecule has 174 valence electrons. The van der Waals surface area contributed by atoms with Gasteiger partial charge in [-0.15, -0.1) is 0 Å². The Morgan fingerprint density at radius 1 is 1.13 bits per heavy atom. The molecule has 0 spiro atoms. The number of fused-ring (bicyclic) bond motifs is 5. The van der Waals surface area contributed by atoms with Crippen LogP contribution >= 0.6 is 0 Å². The SMILES string of the molecule is CC(CCC[C@@H](C)[C@H]1CCC2C3C(O)CC4=CC(=O)CC[C@]4(C)C3CC[C@@]21C)C(=O)O. The predicted molar refractivity (Wildman–Crippen MR) is 121 cm³/mol. The Hall–Kier alpha value is -1.16. The summed E-state index contributed by atoms with van der Waals surface area (Å²) in [5, 5.41) is 20.4. The zero-order chi connectivity index (χ0) is 22.6. The molecule has 0 amide bonds. The van der Waals surface area contributed by atoms with Crippen molar-refractivity contribution in [3.05, 3.63) is 11.6 Å². The van der Waals surface area contributed by atoms with Gasteiger partial charge in [0.2, 0.25) is 0 Å². The molecule has 0 radical (unpaired) electrons. The van der Waals surface area contributed by atoms with E-state index in [9.17, 15) is 14.7 Å². The van der Waals surface area contributed by atoms with Crippen LogP contribution < -0.4 is 0 Å². The fourth-order valence-corrected chi connectivity index (χ4v) is 8.57. The summed E-state index contributed by atoms with van der Waals surface area (Å²) in [5.41, 5.74) is 1.59. The minimum absolute atomic E-state index is 0.0931. The van der Waals surface area contributed by atoms with E-state index in [1.807, 2.05) is 13.0 Å². The third-order valence-corrected chi connectivity index (χ3v) is 10.5. The smallest absolute Gasteiger partial charge is 0.306 e. The molecule has 31 heavy (non-hydrogen) atoms. The van der Waals surface area contributed by atoms with Crippen molar-refractivity contribution >= 4 is 11.8 Å². The molecule has 3 fully saturated rings. The summed E-state index contributed by atoms with van der Waals surface area (Å²) in [6.45, 7) is 9.05. The topological polar surface area (TPSA) is 74.6 Å². The Balaban J connectivity index is 1.49. The lowest BCUT2D eigenvalue weighted by molar-refractivity contribution is -0.141. The van der Waals surface area contributed by atoms with Gasteiger partial charge in [0.05, 0.1) is 12.0 Å². The van der Waals surface area contributed by atoms with Crippen molar-refractivity contribution in [2.45, 2.75) is 98.0 Å². The lowest BCUT2D eigenvalue weighted by Gasteiger charge is -2.60. The lowest BCUT2D eigenvalue weighted by atomic mass is 9.45. The van der Waals surface area contributed by atoms with E-state index in [1.165, 1.54) is 24.8 Å². The minimum atomic E-state index is -0.684. The number of aliphatic hydroxyl groups excluding tert-OH is 1. The Kier molecular flexibility index (Phi) is 6.17. The zero-order valence-electron chi connectivity index (χ0n) is 19.9. The molecule has 0 heterocycles. The van der Waals surface area contributed by atoms with E-state index < -0.39 is 5.97 Å². The van der Waals surface area contributed by atoms with Crippen molar-refractivity contribution in [1.29, 1.82) is 0 Å². The van der Waals surface area contributed by atoms with Gasteiger partial charge in [-0.2, -0.15) is 0 Å². The molecule has 4 nitrogen and oxygen atoms in total. The summed E-state index contributed by atoms with van der Waals surface area (Å²) < 4.78 is 0. The van der Waals surface area contributed by atoms with Gasteiger partial charge in [-0.25, -0.2) is 0 Å². The highest BCUT2D eigenvalue weighted by molar-refractivity contribution is 5.91. The largest absolute Gasteiger partial charge is 0.481 e. The lowest BCUT2D eigenvalue weighted by Crippen LogP contribution is -2.55. The van der Waals surface area contributed by atoms with Crippen LogP contribution in [0.15, 0.2) is 11.6 Å². The van der Waals surface area contributed by atoms with Crippen molar-refractivity contribution in [1.82, 2.24) is 0 Å². The molecule has 3 saturated carbocycles. The van der Waals surface area contributed by atoms with Gasteiger partial charge in [0.1, 0.15) is 0 Å². The molecule has 9 atom stereocenters. The van der Waals surface area contributed by atoms with Crippen LogP contribution in [0.5, 0.6) is 0 Å².